The second-order valence-corrected chi connectivity index (χ2v) is 3.43. The molecule has 2 N–H and O–H groups in total. The predicted molar refractivity (Wildman–Crippen MR) is 38.0 cm³/mol. The van der Waals surface area contributed by atoms with Gasteiger partial charge in [-0.2, -0.15) is 0 Å². The van der Waals surface area contributed by atoms with Gasteiger partial charge in [-0.15, -0.1) is 0 Å². The Morgan fingerprint density at radius 3 is 2.17 bits per heavy atom. The molecule has 1 aliphatic rings. The third kappa shape index (κ3) is 1.05. The van der Waals surface area contributed by atoms with E-state index in [0.29, 0.717) is 0 Å². The Hall–Kier alpha value is -0.810. The molecule has 0 spiro atoms. The number of cyclic esters (lactones) is 2. The van der Waals surface area contributed by atoms with Crippen molar-refractivity contribution in [1.29, 1.82) is 0 Å². The zero-order valence-corrected chi connectivity index (χ0v) is 7.20. The van der Waals surface area contributed by atoms with Crippen molar-refractivity contribution >= 4 is 6.16 Å². The molecule has 1 fully saturated rings. The summed E-state index contributed by atoms with van der Waals surface area (Å²) in [5.41, 5.74) is -1.04. The average molecular weight is 176 g/mol. The zero-order valence-electron chi connectivity index (χ0n) is 7.20. The maximum absolute atomic E-state index is 10.3. The lowest BCUT2D eigenvalue weighted by Gasteiger charge is -2.45. The van der Waals surface area contributed by atoms with Gasteiger partial charge >= 0.3 is 12.1 Å². The lowest BCUT2D eigenvalue weighted by molar-refractivity contribution is -0.439. The molecule has 1 atom stereocenters. The Morgan fingerprint density at radius 1 is 1.50 bits per heavy atom. The smallest absolute Gasteiger partial charge is 0.392 e. The summed E-state index contributed by atoms with van der Waals surface area (Å²) >= 11 is 0. The first-order chi connectivity index (χ1) is 5.29. The van der Waals surface area contributed by atoms with E-state index in [4.69, 9.17) is 0 Å². The summed E-state index contributed by atoms with van der Waals surface area (Å²) in [5, 5.41) is 18.7. The topological polar surface area (TPSA) is 76.0 Å². The molecule has 1 unspecified atom stereocenters. The van der Waals surface area contributed by atoms with Crippen molar-refractivity contribution < 1.29 is 24.5 Å². The van der Waals surface area contributed by atoms with Crippen LogP contribution in [-0.4, -0.2) is 28.4 Å². The van der Waals surface area contributed by atoms with E-state index in [-0.39, 0.29) is 0 Å². The van der Waals surface area contributed by atoms with Crippen LogP contribution >= 0.6 is 0 Å². The normalized spacial score (nSPS) is 23.6. The number of hydrogen-bond donors (Lipinski definition) is 2. The molecule has 5 nitrogen and oxygen atoms in total. The molecular formula is C7H12O5. The fraction of sp³-hybridized carbons (Fsp3) is 0.857. The fourth-order valence-electron chi connectivity index (χ4n) is 0.761. The van der Waals surface area contributed by atoms with Gasteiger partial charge in [0.2, 0.25) is 0 Å². The summed E-state index contributed by atoms with van der Waals surface area (Å²) in [6.45, 7) is 4.54. The van der Waals surface area contributed by atoms with Gasteiger partial charge in [0.1, 0.15) is 0 Å². The molecular weight excluding hydrogens is 164 g/mol. The number of rotatable bonds is 2. The van der Waals surface area contributed by atoms with Crippen LogP contribution in [0.1, 0.15) is 20.8 Å². The first-order valence-electron chi connectivity index (χ1n) is 3.62. The predicted octanol–water partition coefficient (Wildman–Crippen LogP) is 0.206. The van der Waals surface area contributed by atoms with Crippen LogP contribution < -0.4 is 0 Å². The van der Waals surface area contributed by atoms with E-state index < -0.39 is 23.6 Å². The first kappa shape index (κ1) is 9.28. The average Bonchev–Trinajstić information content (AvgIpc) is 1.83. The monoisotopic (exact) mass is 176 g/mol. The van der Waals surface area contributed by atoms with E-state index in [1.165, 1.54) is 20.8 Å². The molecule has 0 amide bonds. The lowest BCUT2D eigenvalue weighted by atomic mass is 9.84. The molecule has 0 bridgehead atoms. The first-order valence-corrected chi connectivity index (χ1v) is 3.62. The minimum Gasteiger partial charge on any atom is -0.392 e. The summed E-state index contributed by atoms with van der Waals surface area (Å²) in [7, 11) is 0. The Bertz CT molecular complexity index is 200. The van der Waals surface area contributed by atoms with Crippen LogP contribution in [0.15, 0.2) is 0 Å². The van der Waals surface area contributed by atoms with Gasteiger partial charge < -0.3 is 19.7 Å². The highest BCUT2D eigenvalue weighted by Gasteiger charge is 2.61. The number of aliphatic hydroxyl groups excluding tert-OH is 1. The minimum absolute atomic E-state index is 0.851. The molecule has 1 aliphatic heterocycles. The van der Waals surface area contributed by atoms with Gasteiger partial charge in [0, 0.05) is 0 Å². The van der Waals surface area contributed by atoms with Crippen LogP contribution in [0.3, 0.4) is 0 Å². The van der Waals surface area contributed by atoms with Crippen LogP contribution in [0.25, 0.3) is 0 Å². The lowest BCUT2D eigenvalue weighted by Crippen LogP contribution is -2.62. The summed E-state index contributed by atoms with van der Waals surface area (Å²) in [6.07, 6.45) is -1.78. The van der Waals surface area contributed by atoms with Crippen LogP contribution in [0.2, 0.25) is 0 Å². The molecule has 0 radical (unpaired) electrons. The van der Waals surface area contributed by atoms with E-state index in [0.717, 1.165) is 0 Å². The Labute approximate surface area is 69.9 Å². The summed E-state index contributed by atoms with van der Waals surface area (Å²) < 4.78 is 8.77. The standard InChI is InChI=1S/C7H12O5/c1-4(8)6(2,3)7(10)11-5(9)12-7/h4,8,10H,1-3H3. The van der Waals surface area contributed by atoms with Crippen LogP contribution in [0, 0.1) is 5.41 Å². The van der Waals surface area contributed by atoms with Gasteiger partial charge in [0.05, 0.1) is 11.5 Å². The van der Waals surface area contributed by atoms with E-state index in [1.54, 1.807) is 0 Å². The van der Waals surface area contributed by atoms with Gasteiger partial charge in [-0.3, -0.25) is 0 Å². The van der Waals surface area contributed by atoms with E-state index in [2.05, 4.69) is 9.47 Å². The highest BCUT2D eigenvalue weighted by atomic mass is 17.0. The third-order valence-corrected chi connectivity index (χ3v) is 2.30. The Kier molecular flexibility index (Phi) is 1.81. The van der Waals surface area contributed by atoms with Crippen LogP contribution in [0.5, 0.6) is 0 Å². The molecule has 1 heterocycles. The maximum atomic E-state index is 10.3. The second kappa shape index (κ2) is 2.34. The van der Waals surface area contributed by atoms with Crippen molar-refractivity contribution in [3.8, 4) is 0 Å². The summed E-state index contributed by atoms with van der Waals surface area (Å²) in [4.78, 5) is 10.3. The molecule has 0 aromatic carbocycles. The highest BCUT2D eigenvalue weighted by Crippen LogP contribution is 2.41. The molecule has 5 heteroatoms. The number of carbonyl (C=O) groups is 1. The Morgan fingerprint density at radius 2 is 1.92 bits per heavy atom. The quantitative estimate of drug-likeness (QED) is 0.588. The molecule has 1 saturated heterocycles. The van der Waals surface area contributed by atoms with Crippen molar-refractivity contribution in [2.45, 2.75) is 32.8 Å². The van der Waals surface area contributed by atoms with Gasteiger partial charge in [-0.25, -0.2) is 4.79 Å². The number of carbonyl (C=O) groups excluding carboxylic acids is 1. The molecule has 1 rings (SSSR count). The Balaban J connectivity index is 2.75. The molecule has 0 saturated carbocycles. The van der Waals surface area contributed by atoms with Gasteiger partial charge in [0.25, 0.3) is 0 Å². The van der Waals surface area contributed by atoms with Gasteiger partial charge in [-0.05, 0) is 20.8 Å². The second-order valence-electron chi connectivity index (χ2n) is 3.43. The zero-order chi connectivity index (χ0) is 9.57. The van der Waals surface area contributed by atoms with E-state index >= 15 is 0 Å². The number of hydrogen-bond acceptors (Lipinski definition) is 5. The van der Waals surface area contributed by atoms with E-state index in [1.807, 2.05) is 0 Å². The molecule has 70 valence electrons. The highest BCUT2D eigenvalue weighted by molar-refractivity contribution is 5.65. The maximum Gasteiger partial charge on any atom is 0.518 e. The third-order valence-electron chi connectivity index (χ3n) is 2.30. The number of ether oxygens (including phenoxy) is 2. The largest absolute Gasteiger partial charge is 0.518 e. The molecule has 0 aliphatic carbocycles. The fourth-order valence-corrected chi connectivity index (χ4v) is 0.761. The number of aliphatic hydroxyl groups is 2. The van der Waals surface area contributed by atoms with E-state index in [9.17, 15) is 15.0 Å². The molecule has 12 heavy (non-hydrogen) atoms. The van der Waals surface area contributed by atoms with Crippen molar-refractivity contribution in [1.82, 2.24) is 0 Å². The van der Waals surface area contributed by atoms with Crippen molar-refractivity contribution in [2.75, 3.05) is 0 Å². The van der Waals surface area contributed by atoms with Gasteiger partial charge in [-0.1, -0.05) is 0 Å². The molecule has 0 aromatic rings. The van der Waals surface area contributed by atoms with Crippen molar-refractivity contribution in [2.24, 2.45) is 5.41 Å². The summed E-state index contributed by atoms with van der Waals surface area (Å²) in [6, 6.07) is 0. The van der Waals surface area contributed by atoms with Gasteiger partial charge in [0.15, 0.2) is 0 Å². The van der Waals surface area contributed by atoms with Crippen LogP contribution in [-0.2, 0) is 9.47 Å². The van der Waals surface area contributed by atoms with Crippen molar-refractivity contribution in [3.63, 3.8) is 0 Å². The minimum atomic E-state index is -1.99. The SMILES string of the molecule is CC(O)C(C)(C)C1(O)OC(=O)O1. The van der Waals surface area contributed by atoms with Crippen LogP contribution in [0.4, 0.5) is 4.79 Å². The molecule has 0 aromatic heterocycles. The summed E-state index contributed by atoms with van der Waals surface area (Å²) in [5.74, 6) is -1.99. The van der Waals surface area contributed by atoms with Crippen molar-refractivity contribution in [3.05, 3.63) is 0 Å².